The number of hydrogen-bond donors (Lipinski definition) is 1. The maximum Gasteiger partial charge on any atom is 0.166 e. The summed E-state index contributed by atoms with van der Waals surface area (Å²) in [5, 5.41) is 18.5. The van der Waals surface area contributed by atoms with Gasteiger partial charge in [0.15, 0.2) is 6.10 Å². The molecule has 0 saturated heterocycles. The van der Waals surface area contributed by atoms with Crippen LogP contribution in [0.1, 0.15) is 28.4 Å². The number of aliphatic hydroxyl groups is 1. The summed E-state index contributed by atoms with van der Waals surface area (Å²) < 4.78 is 5.77. The Kier molecular flexibility index (Phi) is 4.39. The summed E-state index contributed by atoms with van der Waals surface area (Å²) in [6.07, 6.45) is -1.12. The lowest BCUT2D eigenvalue weighted by Gasteiger charge is -2.12. The summed E-state index contributed by atoms with van der Waals surface area (Å²) in [7, 11) is 0. The molecule has 0 bridgehead atoms. The van der Waals surface area contributed by atoms with E-state index in [1.807, 2.05) is 44.2 Å². The average Bonchev–Trinajstić information content (AvgIpc) is 2.43. The first-order chi connectivity index (χ1) is 9.60. The highest BCUT2D eigenvalue weighted by atomic mass is 16.5. The van der Waals surface area contributed by atoms with Crippen molar-refractivity contribution in [2.45, 2.75) is 26.6 Å². The molecule has 0 aliphatic heterocycles. The predicted octanol–water partition coefficient (Wildman–Crippen LogP) is 3.44. The van der Waals surface area contributed by atoms with E-state index in [2.05, 4.69) is 6.07 Å². The molecule has 0 aliphatic rings. The minimum Gasteiger partial charge on any atom is -0.489 e. The van der Waals surface area contributed by atoms with Crippen molar-refractivity contribution >= 4 is 0 Å². The van der Waals surface area contributed by atoms with E-state index in [0.717, 1.165) is 22.4 Å². The molecule has 0 radical (unpaired) electrons. The third-order valence-corrected chi connectivity index (χ3v) is 3.06. The van der Waals surface area contributed by atoms with Crippen LogP contribution in [-0.2, 0) is 6.61 Å². The van der Waals surface area contributed by atoms with Crippen molar-refractivity contribution in [3.8, 4) is 11.8 Å². The number of hydrogen-bond acceptors (Lipinski definition) is 3. The Morgan fingerprint density at radius 1 is 1.15 bits per heavy atom. The average molecular weight is 267 g/mol. The maximum atomic E-state index is 9.68. The summed E-state index contributed by atoms with van der Waals surface area (Å²) in [5.41, 5.74) is 3.70. The number of rotatable bonds is 4. The van der Waals surface area contributed by atoms with E-state index in [-0.39, 0.29) is 0 Å². The topological polar surface area (TPSA) is 53.2 Å². The standard InChI is InChI=1S/C17H17NO2/c1-12-7-13(2)9-15(8-12)20-11-14-5-3-4-6-16(14)17(19)10-18/h3-9,17,19H,11H2,1-2H3. The third kappa shape index (κ3) is 3.37. The normalized spacial score (nSPS) is 11.7. The molecule has 2 aromatic carbocycles. The lowest BCUT2D eigenvalue weighted by molar-refractivity contribution is 0.229. The van der Waals surface area contributed by atoms with E-state index in [9.17, 15) is 5.11 Å². The van der Waals surface area contributed by atoms with Crippen molar-refractivity contribution in [3.63, 3.8) is 0 Å². The molecule has 0 saturated carbocycles. The van der Waals surface area contributed by atoms with Crippen LogP contribution in [0.4, 0.5) is 0 Å². The molecule has 0 aliphatic carbocycles. The van der Waals surface area contributed by atoms with Crippen LogP contribution in [0.2, 0.25) is 0 Å². The molecular formula is C17H17NO2. The van der Waals surface area contributed by atoms with Crippen molar-refractivity contribution in [1.82, 2.24) is 0 Å². The van der Waals surface area contributed by atoms with Gasteiger partial charge >= 0.3 is 0 Å². The number of benzene rings is 2. The summed E-state index contributed by atoms with van der Waals surface area (Å²) >= 11 is 0. The molecule has 3 heteroatoms. The zero-order valence-electron chi connectivity index (χ0n) is 11.6. The Labute approximate surface area is 119 Å². The molecule has 1 unspecified atom stereocenters. The number of aryl methyl sites for hydroxylation is 2. The van der Waals surface area contributed by atoms with Crippen LogP contribution in [0.25, 0.3) is 0 Å². The lowest BCUT2D eigenvalue weighted by atomic mass is 10.0. The van der Waals surface area contributed by atoms with Gasteiger partial charge in [-0.05, 0) is 42.7 Å². The number of ether oxygens (including phenoxy) is 1. The van der Waals surface area contributed by atoms with Gasteiger partial charge in [-0.25, -0.2) is 0 Å². The fourth-order valence-electron chi connectivity index (χ4n) is 2.18. The molecule has 3 nitrogen and oxygen atoms in total. The van der Waals surface area contributed by atoms with Crippen LogP contribution in [0.3, 0.4) is 0 Å². The highest BCUT2D eigenvalue weighted by Gasteiger charge is 2.11. The van der Waals surface area contributed by atoms with Crippen molar-refractivity contribution < 1.29 is 9.84 Å². The van der Waals surface area contributed by atoms with Gasteiger partial charge in [-0.1, -0.05) is 30.3 Å². The SMILES string of the molecule is Cc1cc(C)cc(OCc2ccccc2C(O)C#N)c1. The molecule has 0 heterocycles. The molecular weight excluding hydrogens is 250 g/mol. The lowest BCUT2D eigenvalue weighted by Crippen LogP contribution is -2.03. The van der Waals surface area contributed by atoms with Crippen LogP contribution in [0, 0.1) is 25.2 Å². The number of nitrogens with zero attached hydrogens (tertiary/aromatic N) is 1. The van der Waals surface area contributed by atoms with Gasteiger partial charge < -0.3 is 9.84 Å². The van der Waals surface area contributed by atoms with Gasteiger partial charge in [-0.15, -0.1) is 0 Å². The van der Waals surface area contributed by atoms with Gasteiger partial charge in [0.25, 0.3) is 0 Å². The second-order valence-electron chi connectivity index (χ2n) is 4.84. The highest BCUT2D eigenvalue weighted by Crippen LogP contribution is 2.21. The van der Waals surface area contributed by atoms with Gasteiger partial charge in [0.1, 0.15) is 12.4 Å². The van der Waals surface area contributed by atoms with E-state index in [0.29, 0.717) is 12.2 Å². The second kappa shape index (κ2) is 6.23. The monoisotopic (exact) mass is 267 g/mol. The molecule has 20 heavy (non-hydrogen) atoms. The second-order valence-corrected chi connectivity index (χ2v) is 4.84. The molecule has 102 valence electrons. The Bertz CT molecular complexity index is 623. The molecule has 1 N–H and O–H groups in total. The first-order valence-electron chi connectivity index (χ1n) is 6.46. The molecule has 1 atom stereocenters. The van der Waals surface area contributed by atoms with Crippen molar-refractivity contribution in [2.75, 3.05) is 0 Å². The Morgan fingerprint density at radius 3 is 2.45 bits per heavy atom. The van der Waals surface area contributed by atoms with E-state index in [1.54, 1.807) is 12.1 Å². The van der Waals surface area contributed by atoms with E-state index in [4.69, 9.17) is 10.00 Å². The summed E-state index contributed by atoms with van der Waals surface area (Å²) in [6.45, 7) is 4.37. The van der Waals surface area contributed by atoms with Crippen LogP contribution >= 0.6 is 0 Å². The Balaban J connectivity index is 2.17. The van der Waals surface area contributed by atoms with Crippen LogP contribution in [0.15, 0.2) is 42.5 Å². The fourth-order valence-corrected chi connectivity index (χ4v) is 2.18. The number of nitriles is 1. The third-order valence-electron chi connectivity index (χ3n) is 3.06. The van der Waals surface area contributed by atoms with Crippen molar-refractivity contribution in [1.29, 1.82) is 5.26 Å². The highest BCUT2D eigenvalue weighted by molar-refractivity contribution is 5.35. The smallest absolute Gasteiger partial charge is 0.166 e. The molecule has 0 fully saturated rings. The predicted molar refractivity (Wildman–Crippen MR) is 77.3 cm³/mol. The largest absolute Gasteiger partial charge is 0.489 e. The number of aliphatic hydroxyl groups excluding tert-OH is 1. The Hall–Kier alpha value is -2.31. The molecule has 0 aromatic heterocycles. The van der Waals surface area contributed by atoms with E-state index >= 15 is 0 Å². The minimum absolute atomic E-state index is 0.331. The Morgan fingerprint density at radius 2 is 1.80 bits per heavy atom. The van der Waals surface area contributed by atoms with Crippen LogP contribution in [0.5, 0.6) is 5.75 Å². The maximum absolute atomic E-state index is 9.68. The summed E-state index contributed by atoms with van der Waals surface area (Å²) in [6, 6.07) is 15.1. The first kappa shape index (κ1) is 14.1. The van der Waals surface area contributed by atoms with E-state index < -0.39 is 6.10 Å². The van der Waals surface area contributed by atoms with Crippen molar-refractivity contribution in [3.05, 3.63) is 64.7 Å². The zero-order valence-corrected chi connectivity index (χ0v) is 11.6. The van der Waals surface area contributed by atoms with Crippen LogP contribution in [-0.4, -0.2) is 5.11 Å². The first-order valence-corrected chi connectivity index (χ1v) is 6.46. The molecule has 0 spiro atoms. The van der Waals surface area contributed by atoms with Gasteiger partial charge in [-0.2, -0.15) is 5.26 Å². The quantitative estimate of drug-likeness (QED) is 0.863. The zero-order chi connectivity index (χ0) is 14.5. The molecule has 2 rings (SSSR count). The summed E-state index contributed by atoms with van der Waals surface area (Å²) in [5.74, 6) is 0.795. The van der Waals surface area contributed by atoms with Crippen molar-refractivity contribution in [2.24, 2.45) is 0 Å². The minimum atomic E-state index is -1.12. The van der Waals surface area contributed by atoms with Gasteiger partial charge in [-0.3, -0.25) is 0 Å². The fraction of sp³-hybridized carbons (Fsp3) is 0.235. The van der Waals surface area contributed by atoms with Gasteiger partial charge in [0, 0.05) is 5.56 Å². The van der Waals surface area contributed by atoms with Gasteiger partial charge in [0.2, 0.25) is 0 Å². The van der Waals surface area contributed by atoms with Crippen LogP contribution < -0.4 is 4.74 Å². The molecule has 0 amide bonds. The van der Waals surface area contributed by atoms with Gasteiger partial charge in [0.05, 0.1) is 6.07 Å². The molecule has 2 aromatic rings. The van der Waals surface area contributed by atoms with E-state index in [1.165, 1.54) is 0 Å². The summed E-state index contributed by atoms with van der Waals surface area (Å²) in [4.78, 5) is 0.